The Morgan fingerprint density at radius 2 is 1.82 bits per heavy atom. The zero-order valence-electron chi connectivity index (χ0n) is 18.2. The number of carbonyl (C=O) groups is 1. The molecule has 0 bridgehead atoms. The molecule has 0 heterocycles. The Morgan fingerprint density at radius 1 is 1.09 bits per heavy atom. The van der Waals surface area contributed by atoms with E-state index in [-0.39, 0.29) is 18.9 Å². The van der Waals surface area contributed by atoms with Crippen LogP contribution < -0.4 is 14.8 Å². The molecule has 0 aromatic heterocycles. The molecule has 0 radical (unpaired) electrons. The van der Waals surface area contributed by atoms with Gasteiger partial charge in [0.2, 0.25) is 0 Å². The van der Waals surface area contributed by atoms with Crippen LogP contribution in [0.2, 0.25) is 5.02 Å². The van der Waals surface area contributed by atoms with E-state index in [1.54, 1.807) is 38.1 Å². The third kappa shape index (κ3) is 6.60. The molecule has 3 aromatic carbocycles. The van der Waals surface area contributed by atoms with Crippen LogP contribution in [0.25, 0.3) is 0 Å². The average molecular weight is 471 g/mol. The molecule has 8 nitrogen and oxygen atoms in total. The van der Waals surface area contributed by atoms with E-state index >= 15 is 0 Å². The van der Waals surface area contributed by atoms with Gasteiger partial charge in [-0.25, -0.2) is 4.79 Å². The van der Waals surface area contributed by atoms with Gasteiger partial charge in [0.15, 0.2) is 6.61 Å². The highest BCUT2D eigenvalue weighted by Gasteiger charge is 2.13. The fraction of sp³-hybridized carbons (Fsp3) is 0.208. The molecule has 3 rings (SSSR count). The Hall–Kier alpha value is -3.78. The number of ether oxygens (including phenoxy) is 3. The normalized spacial score (nSPS) is 10.4. The van der Waals surface area contributed by atoms with E-state index in [1.807, 2.05) is 30.3 Å². The lowest BCUT2D eigenvalue weighted by Gasteiger charge is -2.12. The van der Waals surface area contributed by atoms with Crippen LogP contribution in [0.4, 0.5) is 11.4 Å². The summed E-state index contributed by atoms with van der Waals surface area (Å²) in [6.07, 6.45) is 0. The van der Waals surface area contributed by atoms with Crippen LogP contribution in [0.3, 0.4) is 0 Å². The summed E-state index contributed by atoms with van der Waals surface area (Å²) >= 11 is 6.13. The summed E-state index contributed by atoms with van der Waals surface area (Å²) in [5.74, 6) is 0.931. The maximum Gasteiger partial charge on any atom is 0.344 e. The Morgan fingerprint density at radius 3 is 2.52 bits per heavy atom. The van der Waals surface area contributed by atoms with Crippen molar-refractivity contribution in [1.82, 2.24) is 0 Å². The lowest BCUT2D eigenvalue weighted by Crippen LogP contribution is -2.14. The van der Waals surface area contributed by atoms with E-state index < -0.39 is 10.9 Å². The van der Waals surface area contributed by atoms with Crippen molar-refractivity contribution in [3.8, 4) is 17.2 Å². The molecule has 0 saturated carbocycles. The number of hydrogen-bond donors (Lipinski definition) is 1. The van der Waals surface area contributed by atoms with Crippen molar-refractivity contribution in [2.45, 2.75) is 20.4 Å². The number of hydrogen-bond acceptors (Lipinski definition) is 7. The van der Waals surface area contributed by atoms with Crippen molar-refractivity contribution in [2.75, 3.05) is 18.5 Å². The first kappa shape index (κ1) is 23.9. The number of nitro benzene ring substituents is 1. The standard InChI is InChI=1S/C24H23ClN2O6/c1-3-31-24(28)15-32-23-13-19(11-12-20(23)25)33-18-9-7-17(8-10-18)14-26-21-5-4-6-22(16(21)2)27(29)30/h4-13,26H,3,14-15H2,1-2H3. The van der Waals surface area contributed by atoms with Gasteiger partial charge in [-0.3, -0.25) is 10.1 Å². The van der Waals surface area contributed by atoms with Gasteiger partial charge in [0, 0.05) is 29.9 Å². The van der Waals surface area contributed by atoms with Gasteiger partial charge >= 0.3 is 5.97 Å². The molecule has 0 atom stereocenters. The molecule has 3 aromatic rings. The molecule has 33 heavy (non-hydrogen) atoms. The number of esters is 1. The van der Waals surface area contributed by atoms with Gasteiger partial charge in [-0.2, -0.15) is 0 Å². The zero-order valence-corrected chi connectivity index (χ0v) is 18.9. The number of nitrogens with zero attached hydrogens (tertiary/aromatic N) is 1. The van der Waals surface area contributed by atoms with Crippen molar-refractivity contribution in [2.24, 2.45) is 0 Å². The first-order valence-corrected chi connectivity index (χ1v) is 10.6. The van der Waals surface area contributed by atoms with Crippen LogP contribution in [0, 0.1) is 17.0 Å². The topological polar surface area (TPSA) is 99.9 Å². The van der Waals surface area contributed by atoms with Crippen molar-refractivity contribution >= 4 is 28.9 Å². The maximum absolute atomic E-state index is 11.5. The molecule has 172 valence electrons. The summed E-state index contributed by atoms with van der Waals surface area (Å²) in [7, 11) is 0. The molecular weight excluding hydrogens is 448 g/mol. The molecule has 0 aliphatic rings. The van der Waals surface area contributed by atoms with Crippen molar-refractivity contribution in [1.29, 1.82) is 0 Å². The van der Waals surface area contributed by atoms with Gasteiger partial charge in [-0.05, 0) is 49.7 Å². The number of halogens is 1. The van der Waals surface area contributed by atoms with Crippen LogP contribution in [0.5, 0.6) is 17.2 Å². The van der Waals surface area contributed by atoms with Gasteiger partial charge < -0.3 is 19.5 Å². The fourth-order valence-electron chi connectivity index (χ4n) is 3.02. The minimum Gasteiger partial charge on any atom is -0.480 e. The highest BCUT2D eigenvalue weighted by Crippen LogP contribution is 2.32. The SMILES string of the molecule is CCOC(=O)COc1cc(Oc2ccc(CNc3cccc([N+](=O)[O-])c3C)cc2)ccc1Cl. The van der Waals surface area contributed by atoms with E-state index in [2.05, 4.69) is 5.32 Å². The van der Waals surface area contributed by atoms with E-state index in [0.717, 1.165) is 5.56 Å². The number of nitro groups is 1. The summed E-state index contributed by atoms with van der Waals surface area (Å²) in [5, 5.41) is 14.7. The minimum atomic E-state index is -0.482. The number of anilines is 1. The van der Waals surface area contributed by atoms with E-state index in [0.29, 0.717) is 40.1 Å². The van der Waals surface area contributed by atoms with E-state index in [4.69, 9.17) is 25.8 Å². The summed E-state index contributed by atoms with van der Waals surface area (Å²) < 4.78 is 16.1. The first-order chi connectivity index (χ1) is 15.9. The summed E-state index contributed by atoms with van der Waals surface area (Å²) in [6.45, 7) is 3.96. The second-order valence-corrected chi connectivity index (χ2v) is 7.40. The Labute approximate surface area is 196 Å². The highest BCUT2D eigenvalue weighted by atomic mass is 35.5. The van der Waals surface area contributed by atoms with Gasteiger partial charge in [-0.1, -0.05) is 29.8 Å². The third-order valence-electron chi connectivity index (χ3n) is 4.70. The monoisotopic (exact) mass is 470 g/mol. The van der Waals surface area contributed by atoms with E-state index in [1.165, 1.54) is 6.07 Å². The molecule has 0 fully saturated rings. The lowest BCUT2D eigenvalue weighted by molar-refractivity contribution is -0.385. The fourth-order valence-corrected chi connectivity index (χ4v) is 3.19. The van der Waals surface area contributed by atoms with Gasteiger partial charge in [-0.15, -0.1) is 0 Å². The Balaban J connectivity index is 1.61. The van der Waals surface area contributed by atoms with Gasteiger partial charge in [0.1, 0.15) is 17.2 Å². The average Bonchev–Trinajstić information content (AvgIpc) is 2.79. The summed E-state index contributed by atoms with van der Waals surface area (Å²) in [4.78, 5) is 22.2. The highest BCUT2D eigenvalue weighted by molar-refractivity contribution is 6.32. The van der Waals surface area contributed by atoms with Crippen molar-refractivity contribution in [3.05, 3.63) is 86.9 Å². The molecule has 1 N–H and O–H groups in total. The summed E-state index contributed by atoms with van der Waals surface area (Å²) in [5.41, 5.74) is 2.35. The summed E-state index contributed by atoms with van der Waals surface area (Å²) in [6, 6.07) is 17.3. The number of rotatable bonds is 10. The van der Waals surface area contributed by atoms with Crippen molar-refractivity contribution in [3.63, 3.8) is 0 Å². The Kier molecular flexibility index (Phi) is 8.10. The number of nitrogens with one attached hydrogen (secondary N) is 1. The number of carbonyl (C=O) groups excluding carboxylic acids is 1. The van der Waals surface area contributed by atoms with E-state index in [9.17, 15) is 14.9 Å². The second-order valence-electron chi connectivity index (χ2n) is 6.99. The molecule has 0 amide bonds. The predicted octanol–water partition coefficient (Wildman–Crippen LogP) is 5.90. The van der Waals surface area contributed by atoms with Gasteiger partial charge in [0.25, 0.3) is 5.69 Å². The molecule has 0 saturated heterocycles. The molecule has 0 unspecified atom stereocenters. The molecule has 0 aliphatic carbocycles. The first-order valence-electron chi connectivity index (χ1n) is 10.2. The van der Waals surface area contributed by atoms with Crippen LogP contribution in [-0.4, -0.2) is 24.1 Å². The Bertz CT molecular complexity index is 1130. The van der Waals surface area contributed by atoms with Crippen LogP contribution in [0.15, 0.2) is 60.7 Å². The van der Waals surface area contributed by atoms with Crippen LogP contribution >= 0.6 is 11.6 Å². The molecule has 0 aliphatic heterocycles. The minimum absolute atomic E-state index is 0.0808. The van der Waals surface area contributed by atoms with Crippen LogP contribution in [-0.2, 0) is 16.1 Å². The largest absolute Gasteiger partial charge is 0.480 e. The maximum atomic E-state index is 11.5. The second kappa shape index (κ2) is 11.2. The predicted molar refractivity (Wildman–Crippen MR) is 125 cm³/mol. The zero-order chi connectivity index (χ0) is 23.8. The molecule has 9 heteroatoms. The molecular formula is C24H23ClN2O6. The number of benzene rings is 3. The quantitative estimate of drug-likeness (QED) is 0.223. The van der Waals surface area contributed by atoms with Gasteiger partial charge in [0.05, 0.1) is 16.6 Å². The van der Waals surface area contributed by atoms with Crippen LogP contribution in [0.1, 0.15) is 18.1 Å². The lowest BCUT2D eigenvalue weighted by atomic mass is 10.1. The van der Waals surface area contributed by atoms with Crippen molar-refractivity contribution < 1.29 is 23.9 Å². The third-order valence-corrected chi connectivity index (χ3v) is 5.01. The molecule has 0 spiro atoms. The smallest absolute Gasteiger partial charge is 0.344 e.